The molecule has 104 valence electrons. The minimum atomic E-state index is 0.304. The molecule has 0 aliphatic carbocycles. The summed E-state index contributed by atoms with van der Waals surface area (Å²) < 4.78 is 2.35. The second-order valence-corrected chi connectivity index (χ2v) is 4.93. The Balaban J connectivity index is 2.13. The number of rotatable bonds is 8. The first-order valence-corrected chi connectivity index (χ1v) is 7.25. The summed E-state index contributed by atoms with van der Waals surface area (Å²) in [6.07, 6.45) is 5.39. The number of aromatic nitrogens is 1. The van der Waals surface area contributed by atoms with Gasteiger partial charge in [-0.05, 0) is 37.4 Å². The van der Waals surface area contributed by atoms with Crippen molar-refractivity contribution in [3.05, 3.63) is 36.0 Å². The number of nitrogens with zero attached hydrogens (tertiary/aromatic N) is 1. The molecule has 0 atom stereocenters. The van der Waals surface area contributed by atoms with Crippen LogP contribution in [0.4, 0.5) is 0 Å². The van der Waals surface area contributed by atoms with Crippen molar-refractivity contribution in [2.75, 3.05) is 13.2 Å². The van der Waals surface area contributed by atoms with Gasteiger partial charge in [0, 0.05) is 36.8 Å². The maximum Gasteiger partial charge on any atom is 0.0483 e. The lowest BCUT2D eigenvalue weighted by Crippen LogP contribution is -2.11. The van der Waals surface area contributed by atoms with Crippen LogP contribution in [0.15, 0.2) is 30.5 Å². The van der Waals surface area contributed by atoms with Gasteiger partial charge in [0.05, 0.1) is 0 Å². The van der Waals surface area contributed by atoms with E-state index in [0.29, 0.717) is 6.61 Å². The lowest BCUT2D eigenvalue weighted by Gasteiger charge is -2.04. The molecule has 1 aromatic carbocycles. The summed E-state index contributed by atoms with van der Waals surface area (Å²) in [7, 11) is 0. The molecule has 0 spiro atoms. The number of fused-ring (bicyclic) bond motifs is 1. The fraction of sp³-hybridized carbons (Fsp3) is 0.500. The Labute approximate surface area is 115 Å². The topological polar surface area (TPSA) is 37.2 Å². The summed E-state index contributed by atoms with van der Waals surface area (Å²) in [4.78, 5) is 0. The number of aliphatic hydroxyl groups is 1. The van der Waals surface area contributed by atoms with Crippen LogP contribution in [-0.4, -0.2) is 22.8 Å². The van der Waals surface area contributed by atoms with E-state index >= 15 is 0 Å². The van der Waals surface area contributed by atoms with Gasteiger partial charge in [-0.25, -0.2) is 0 Å². The molecule has 1 aromatic heterocycles. The quantitative estimate of drug-likeness (QED) is 0.716. The maximum atomic E-state index is 8.82. The van der Waals surface area contributed by atoms with Crippen molar-refractivity contribution in [3.63, 3.8) is 0 Å². The van der Waals surface area contributed by atoms with Gasteiger partial charge in [-0.1, -0.05) is 25.1 Å². The molecule has 0 amide bonds. The van der Waals surface area contributed by atoms with Crippen molar-refractivity contribution < 1.29 is 5.11 Å². The molecule has 0 saturated carbocycles. The highest BCUT2D eigenvalue weighted by molar-refractivity contribution is 5.83. The molecule has 2 N–H and O–H groups in total. The first-order chi connectivity index (χ1) is 9.36. The maximum absolute atomic E-state index is 8.82. The van der Waals surface area contributed by atoms with Crippen LogP contribution < -0.4 is 5.32 Å². The Morgan fingerprint density at radius 2 is 2.00 bits per heavy atom. The lowest BCUT2D eigenvalue weighted by molar-refractivity contribution is 0.282. The number of para-hydroxylation sites is 1. The number of aliphatic hydroxyl groups excluding tert-OH is 1. The fourth-order valence-electron chi connectivity index (χ4n) is 2.48. The van der Waals surface area contributed by atoms with Crippen LogP contribution in [0.3, 0.4) is 0 Å². The van der Waals surface area contributed by atoms with E-state index in [1.165, 1.54) is 16.5 Å². The van der Waals surface area contributed by atoms with Gasteiger partial charge in [0.1, 0.15) is 0 Å². The van der Waals surface area contributed by atoms with Crippen molar-refractivity contribution in [1.82, 2.24) is 9.88 Å². The number of nitrogens with one attached hydrogen (secondary N) is 1. The zero-order valence-electron chi connectivity index (χ0n) is 11.7. The van der Waals surface area contributed by atoms with E-state index in [-0.39, 0.29) is 0 Å². The smallest absolute Gasteiger partial charge is 0.0483 e. The molecule has 3 nitrogen and oxygen atoms in total. The summed E-state index contributed by atoms with van der Waals surface area (Å²) in [6.45, 7) is 5.40. The second-order valence-electron chi connectivity index (χ2n) is 4.93. The zero-order chi connectivity index (χ0) is 13.5. The monoisotopic (exact) mass is 260 g/mol. The van der Waals surface area contributed by atoms with Crippen molar-refractivity contribution in [2.24, 2.45) is 0 Å². The van der Waals surface area contributed by atoms with Gasteiger partial charge < -0.3 is 15.0 Å². The van der Waals surface area contributed by atoms with Crippen LogP contribution in [-0.2, 0) is 13.1 Å². The Kier molecular flexibility index (Phi) is 5.43. The first kappa shape index (κ1) is 14.1. The number of benzene rings is 1. The highest BCUT2D eigenvalue weighted by Crippen LogP contribution is 2.21. The fourth-order valence-corrected chi connectivity index (χ4v) is 2.48. The van der Waals surface area contributed by atoms with E-state index in [1.807, 2.05) is 0 Å². The molecule has 19 heavy (non-hydrogen) atoms. The highest BCUT2D eigenvalue weighted by Gasteiger charge is 2.07. The number of hydrogen-bond acceptors (Lipinski definition) is 2. The predicted octanol–water partition coefficient (Wildman–Crippen LogP) is 2.91. The Hall–Kier alpha value is -1.32. The summed E-state index contributed by atoms with van der Waals surface area (Å²) in [5, 5.41) is 13.6. The van der Waals surface area contributed by atoms with Crippen LogP contribution >= 0.6 is 0 Å². The Morgan fingerprint density at radius 3 is 2.79 bits per heavy atom. The SMILES string of the molecule is CCNCc1cn(CCCCCO)c2ccccc12. The van der Waals surface area contributed by atoms with Gasteiger partial charge in [0.2, 0.25) is 0 Å². The van der Waals surface area contributed by atoms with Crippen molar-refractivity contribution in [1.29, 1.82) is 0 Å². The molecule has 2 rings (SSSR count). The average Bonchev–Trinajstić information content (AvgIpc) is 2.80. The van der Waals surface area contributed by atoms with Crippen LogP contribution in [0, 0.1) is 0 Å². The molecule has 2 aromatic rings. The standard InChI is InChI=1S/C16H24N2O/c1-2-17-12-14-13-18(10-6-3-7-11-19)16-9-5-4-8-15(14)16/h4-5,8-9,13,17,19H,2-3,6-7,10-12H2,1H3. The largest absolute Gasteiger partial charge is 0.396 e. The van der Waals surface area contributed by atoms with Crippen LogP contribution in [0.2, 0.25) is 0 Å². The number of hydrogen-bond donors (Lipinski definition) is 2. The van der Waals surface area contributed by atoms with Gasteiger partial charge >= 0.3 is 0 Å². The molecule has 3 heteroatoms. The van der Waals surface area contributed by atoms with E-state index in [4.69, 9.17) is 5.11 Å². The van der Waals surface area contributed by atoms with Gasteiger partial charge in [-0.2, -0.15) is 0 Å². The lowest BCUT2D eigenvalue weighted by atomic mass is 10.2. The van der Waals surface area contributed by atoms with E-state index in [0.717, 1.165) is 38.9 Å². The second kappa shape index (κ2) is 7.31. The van der Waals surface area contributed by atoms with Crippen LogP contribution in [0.5, 0.6) is 0 Å². The summed E-state index contributed by atoms with van der Waals surface area (Å²) in [5.41, 5.74) is 2.69. The Bertz CT molecular complexity index is 504. The minimum Gasteiger partial charge on any atom is -0.396 e. The molecular weight excluding hydrogens is 236 g/mol. The molecule has 0 aliphatic heterocycles. The molecule has 0 aliphatic rings. The summed E-state index contributed by atoms with van der Waals surface area (Å²) in [6, 6.07) is 8.60. The Morgan fingerprint density at radius 1 is 1.16 bits per heavy atom. The minimum absolute atomic E-state index is 0.304. The third-order valence-corrected chi connectivity index (χ3v) is 3.49. The normalized spacial score (nSPS) is 11.3. The highest BCUT2D eigenvalue weighted by atomic mass is 16.2. The van der Waals surface area contributed by atoms with E-state index in [2.05, 4.69) is 47.3 Å². The van der Waals surface area contributed by atoms with Gasteiger partial charge in [0.15, 0.2) is 0 Å². The van der Waals surface area contributed by atoms with E-state index in [1.54, 1.807) is 0 Å². The van der Waals surface area contributed by atoms with Crippen molar-refractivity contribution >= 4 is 10.9 Å². The van der Waals surface area contributed by atoms with Crippen LogP contribution in [0.1, 0.15) is 31.7 Å². The van der Waals surface area contributed by atoms with Gasteiger partial charge in [-0.3, -0.25) is 0 Å². The molecule has 0 bridgehead atoms. The third kappa shape index (κ3) is 3.58. The first-order valence-electron chi connectivity index (χ1n) is 7.25. The number of unbranched alkanes of at least 4 members (excludes halogenated alkanes) is 2. The van der Waals surface area contributed by atoms with Crippen molar-refractivity contribution in [3.8, 4) is 0 Å². The molecule has 0 radical (unpaired) electrons. The van der Waals surface area contributed by atoms with Crippen molar-refractivity contribution in [2.45, 2.75) is 39.3 Å². The molecular formula is C16H24N2O. The average molecular weight is 260 g/mol. The molecule has 0 unspecified atom stereocenters. The van der Waals surface area contributed by atoms with Crippen LogP contribution in [0.25, 0.3) is 10.9 Å². The zero-order valence-corrected chi connectivity index (χ0v) is 11.7. The van der Waals surface area contributed by atoms with Gasteiger partial charge in [0.25, 0.3) is 0 Å². The third-order valence-electron chi connectivity index (χ3n) is 3.49. The molecule has 1 heterocycles. The van der Waals surface area contributed by atoms with E-state index in [9.17, 15) is 0 Å². The summed E-state index contributed by atoms with van der Waals surface area (Å²) >= 11 is 0. The molecule has 0 saturated heterocycles. The van der Waals surface area contributed by atoms with Gasteiger partial charge in [-0.15, -0.1) is 0 Å². The number of aryl methyl sites for hydroxylation is 1. The molecule has 0 fully saturated rings. The summed E-state index contributed by atoms with van der Waals surface area (Å²) in [5.74, 6) is 0. The predicted molar refractivity (Wildman–Crippen MR) is 80.3 cm³/mol. The van der Waals surface area contributed by atoms with E-state index < -0.39 is 0 Å².